The van der Waals surface area contributed by atoms with Gasteiger partial charge in [-0.15, -0.1) is 0 Å². The zero-order chi connectivity index (χ0) is 13.0. The standard InChI is InChI=1S/C13H13Cl2N3/c1-18(8-10-3-2-4-16-6-10)9-11-7-17-13(15)5-12(11)14/h2-7H,8-9H2,1H3. The van der Waals surface area contributed by atoms with Gasteiger partial charge in [-0.1, -0.05) is 29.3 Å². The maximum absolute atomic E-state index is 6.11. The van der Waals surface area contributed by atoms with Crippen molar-refractivity contribution in [1.29, 1.82) is 0 Å². The van der Waals surface area contributed by atoms with Gasteiger partial charge in [0.25, 0.3) is 0 Å². The molecule has 0 aliphatic carbocycles. The van der Waals surface area contributed by atoms with Gasteiger partial charge in [0.15, 0.2) is 0 Å². The average molecular weight is 282 g/mol. The number of hydrogen-bond acceptors (Lipinski definition) is 3. The first-order valence-electron chi connectivity index (χ1n) is 5.52. The summed E-state index contributed by atoms with van der Waals surface area (Å²) in [5, 5.41) is 1.06. The summed E-state index contributed by atoms with van der Waals surface area (Å²) in [5.41, 5.74) is 2.13. The largest absolute Gasteiger partial charge is 0.298 e. The van der Waals surface area contributed by atoms with Crippen molar-refractivity contribution >= 4 is 23.2 Å². The maximum atomic E-state index is 6.11. The predicted molar refractivity (Wildman–Crippen MR) is 73.7 cm³/mol. The minimum atomic E-state index is 0.415. The Morgan fingerprint density at radius 2 is 2.06 bits per heavy atom. The first-order valence-corrected chi connectivity index (χ1v) is 6.28. The van der Waals surface area contributed by atoms with Crippen molar-refractivity contribution in [2.45, 2.75) is 13.1 Å². The fraction of sp³-hybridized carbons (Fsp3) is 0.231. The molecule has 0 amide bonds. The molecule has 3 nitrogen and oxygen atoms in total. The Morgan fingerprint density at radius 3 is 2.72 bits per heavy atom. The Kier molecular flexibility index (Phi) is 4.53. The van der Waals surface area contributed by atoms with Crippen LogP contribution in [0.3, 0.4) is 0 Å². The van der Waals surface area contributed by atoms with Crippen molar-refractivity contribution in [2.75, 3.05) is 7.05 Å². The zero-order valence-electron chi connectivity index (χ0n) is 9.98. The van der Waals surface area contributed by atoms with Gasteiger partial charge in [-0.3, -0.25) is 9.88 Å². The second-order valence-corrected chi connectivity index (χ2v) is 4.93. The van der Waals surface area contributed by atoms with Crippen molar-refractivity contribution in [3.05, 3.63) is 58.1 Å². The quantitative estimate of drug-likeness (QED) is 0.805. The molecule has 0 unspecified atom stereocenters. The average Bonchev–Trinajstić information content (AvgIpc) is 2.34. The number of pyridine rings is 2. The Labute approximate surface area is 116 Å². The third-order valence-corrected chi connectivity index (χ3v) is 3.07. The van der Waals surface area contributed by atoms with Gasteiger partial charge in [0.2, 0.25) is 0 Å². The van der Waals surface area contributed by atoms with Crippen molar-refractivity contribution in [2.24, 2.45) is 0 Å². The van der Waals surface area contributed by atoms with Gasteiger partial charge in [0.05, 0.1) is 0 Å². The molecule has 0 aliphatic rings. The second-order valence-electron chi connectivity index (χ2n) is 4.13. The third-order valence-electron chi connectivity index (χ3n) is 2.51. The van der Waals surface area contributed by atoms with E-state index in [1.165, 1.54) is 0 Å². The molecule has 0 N–H and O–H groups in total. The van der Waals surface area contributed by atoms with Gasteiger partial charge < -0.3 is 0 Å². The monoisotopic (exact) mass is 281 g/mol. The van der Waals surface area contributed by atoms with E-state index in [9.17, 15) is 0 Å². The molecule has 0 saturated heterocycles. The molecule has 2 aromatic rings. The normalized spacial score (nSPS) is 10.9. The molecule has 2 aromatic heterocycles. The van der Waals surface area contributed by atoms with Gasteiger partial charge >= 0.3 is 0 Å². The summed E-state index contributed by atoms with van der Waals surface area (Å²) >= 11 is 11.9. The smallest absolute Gasteiger partial charge is 0.130 e. The lowest BCUT2D eigenvalue weighted by Crippen LogP contribution is -2.17. The van der Waals surface area contributed by atoms with Crippen LogP contribution in [-0.2, 0) is 13.1 Å². The highest BCUT2D eigenvalue weighted by molar-refractivity contribution is 6.34. The van der Waals surface area contributed by atoms with Gasteiger partial charge in [0.1, 0.15) is 5.15 Å². The summed E-state index contributed by atoms with van der Waals surface area (Å²) in [6.07, 6.45) is 5.34. The van der Waals surface area contributed by atoms with E-state index in [4.69, 9.17) is 23.2 Å². The summed E-state index contributed by atoms with van der Waals surface area (Å²) in [5.74, 6) is 0. The summed E-state index contributed by atoms with van der Waals surface area (Å²) in [6.45, 7) is 1.53. The van der Waals surface area contributed by atoms with Gasteiger partial charge in [-0.25, -0.2) is 4.98 Å². The summed E-state index contributed by atoms with van der Waals surface area (Å²) < 4.78 is 0. The second kappa shape index (κ2) is 6.14. The number of aromatic nitrogens is 2. The lowest BCUT2D eigenvalue weighted by atomic mass is 10.2. The minimum absolute atomic E-state index is 0.415. The van der Waals surface area contributed by atoms with Crippen LogP contribution in [0.1, 0.15) is 11.1 Å². The first kappa shape index (κ1) is 13.3. The van der Waals surface area contributed by atoms with Crippen molar-refractivity contribution in [1.82, 2.24) is 14.9 Å². The summed E-state index contributed by atoms with van der Waals surface area (Å²) in [4.78, 5) is 10.3. The lowest BCUT2D eigenvalue weighted by molar-refractivity contribution is 0.318. The molecule has 0 spiro atoms. The molecule has 0 saturated carbocycles. The molecule has 18 heavy (non-hydrogen) atoms. The number of nitrogens with zero attached hydrogens (tertiary/aromatic N) is 3. The van der Waals surface area contributed by atoms with Crippen LogP contribution < -0.4 is 0 Å². The molecule has 5 heteroatoms. The van der Waals surface area contributed by atoms with E-state index in [2.05, 4.69) is 14.9 Å². The molecule has 2 rings (SSSR count). The molecular formula is C13H13Cl2N3. The zero-order valence-corrected chi connectivity index (χ0v) is 11.5. The Balaban J connectivity index is 2.01. The number of halogens is 2. The van der Waals surface area contributed by atoms with Crippen LogP contribution in [0.5, 0.6) is 0 Å². The molecule has 0 fully saturated rings. The maximum Gasteiger partial charge on any atom is 0.130 e. The highest BCUT2D eigenvalue weighted by Crippen LogP contribution is 2.20. The van der Waals surface area contributed by atoms with E-state index < -0.39 is 0 Å². The van der Waals surface area contributed by atoms with Crippen LogP contribution in [0, 0.1) is 0 Å². The first-order chi connectivity index (χ1) is 8.65. The molecule has 0 aliphatic heterocycles. The molecule has 0 radical (unpaired) electrons. The Hall–Kier alpha value is -1.16. The summed E-state index contributed by atoms with van der Waals surface area (Å²) in [6, 6.07) is 5.64. The van der Waals surface area contributed by atoms with Crippen LogP contribution in [0.4, 0.5) is 0 Å². The highest BCUT2D eigenvalue weighted by atomic mass is 35.5. The molecular weight excluding hydrogens is 269 g/mol. The van der Waals surface area contributed by atoms with Crippen molar-refractivity contribution in [3.63, 3.8) is 0 Å². The third kappa shape index (κ3) is 3.67. The molecule has 0 bridgehead atoms. The van der Waals surface area contributed by atoms with Crippen LogP contribution in [0.15, 0.2) is 36.8 Å². The highest BCUT2D eigenvalue weighted by Gasteiger charge is 2.06. The van der Waals surface area contributed by atoms with Crippen molar-refractivity contribution in [3.8, 4) is 0 Å². The van der Waals surface area contributed by atoms with Gasteiger partial charge in [0, 0.05) is 42.3 Å². The number of hydrogen-bond donors (Lipinski definition) is 0. The van der Waals surface area contributed by atoms with Crippen LogP contribution in [-0.4, -0.2) is 21.9 Å². The van der Waals surface area contributed by atoms with E-state index in [1.54, 1.807) is 18.5 Å². The molecule has 94 valence electrons. The fourth-order valence-corrected chi connectivity index (χ4v) is 2.13. The number of rotatable bonds is 4. The fourth-order valence-electron chi connectivity index (χ4n) is 1.70. The van der Waals surface area contributed by atoms with E-state index in [0.717, 1.165) is 24.2 Å². The molecule has 0 atom stereocenters. The van der Waals surface area contributed by atoms with Crippen LogP contribution in [0.25, 0.3) is 0 Å². The Bertz CT molecular complexity index is 517. The van der Waals surface area contributed by atoms with Gasteiger partial charge in [-0.2, -0.15) is 0 Å². The van der Waals surface area contributed by atoms with E-state index in [1.807, 2.05) is 25.4 Å². The summed E-state index contributed by atoms with van der Waals surface area (Å²) in [7, 11) is 2.03. The Morgan fingerprint density at radius 1 is 1.22 bits per heavy atom. The van der Waals surface area contributed by atoms with Crippen LogP contribution >= 0.6 is 23.2 Å². The van der Waals surface area contributed by atoms with Gasteiger partial charge in [-0.05, 0) is 24.7 Å². The van der Waals surface area contributed by atoms with E-state index >= 15 is 0 Å². The topological polar surface area (TPSA) is 29.0 Å². The van der Waals surface area contributed by atoms with E-state index in [-0.39, 0.29) is 0 Å². The van der Waals surface area contributed by atoms with Crippen molar-refractivity contribution < 1.29 is 0 Å². The molecule has 0 aromatic carbocycles. The molecule has 2 heterocycles. The van der Waals surface area contributed by atoms with Crippen LogP contribution in [0.2, 0.25) is 10.2 Å². The lowest BCUT2D eigenvalue weighted by Gasteiger charge is -2.17. The minimum Gasteiger partial charge on any atom is -0.298 e. The van der Waals surface area contributed by atoms with E-state index in [0.29, 0.717) is 10.2 Å². The predicted octanol–water partition coefficient (Wildman–Crippen LogP) is 3.42. The SMILES string of the molecule is CN(Cc1cccnc1)Cc1cnc(Cl)cc1Cl.